The number of benzene rings is 1. The predicted molar refractivity (Wildman–Crippen MR) is 60.5 cm³/mol. The molecule has 0 saturated heterocycles. The van der Waals surface area contributed by atoms with Crippen molar-refractivity contribution in [2.45, 2.75) is 20.3 Å². The SMILES string of the molecule is COc1cc(C)cc(OCC2CC2C)c1. The van der Waals surface area contributed by atoms with Crippen molar-refractivity contribution in [1.82, 2.24) is 0 Å². The van der Waals surface area contributed by atoms with Crippen LogP contribution in [0.15, 0.2) is 18.2 Å². The van der Waals surface area contributed by atoms with E-state index in [0.29, 0.717) is 0 Å². The molecule has 2 heteroatoms. The van der Waals surface area contributed by atoms with Crippen LogP contribution in [0, 0.1) is 18.8 Å². The summed E-state index contributed by atoms with van der Waals surface area (Å²) < 4.78 is 10.9. The van der Waals surface area contributed by atoms with E-state index in [1.165, 1.54) is 12.0 Å². The third-order valence-electron chi connectivity index (χ3n) is 3.00. The smallest absolute Gasteiger partial charge is 0.123 e. The molecule has 15 heavy (non-hydrogen) atoms. The first kappa shape index (κ1) is 10.3. The molecule has 0 heterocycles. The van der Waals surface area contributed by atoms with Crippen LogP contribution in [0.4, 0.5) is 0 Å². The van der Waals surface area contributed by atoms with Gasteiger partial charge in [-0.2, -0.15) is 0 Å². The fourth-order valence-corrected chi connectivity index (χ4v) is 1.75. The monoisotopic (exact) mass is 206 g/mol. The molecule has 1 aliphatic carbocycles. The van der Waals surface area contributed by atoms with E-state index in [9.17, 15) is 0 Å². The molecule has 0 aliphatic heterocycles. The van der Waals surface area contributed by atoms with Gasteiger partial charge < -0.3 is 9.47 Å². The van der Waals surface area contributed by atoms with Crippen molar-refractivity contribution in [3.63, 3.8) is 0 Å². The van der Waals surface area contributed by atoms with Gasteiger partial charge >= 0.3 is 0 Å². The molecule has 1 saturated carbocycles. The molecule has 1 aromatic rings. The minimum Gasteiger partial charge on any atom is -0.497 e. The molecule has 0 N–H and O–H groups in total. The Labute approximate surface area is 91.2 Å². The summed E-state index contributed by atoms with van der Waals surface area (Å²) in [7, 11) is 1.68. The molecule has 82 valence electrons. The zero-order valence-corrected chi connectivity index (χ0v) is 9.62. The molecular weight excluding hydrogens is 188 g/mol. The summed E-state index contributed by atoms with van der Waals surface area (Å²) >= 11 is 0. The van der Waals surface area contributed by atoms with E-state index in [1.54, 1.807) is 7.11 Å². The first-order valence-corrected chi connectivity index (χ1v) is 5.47. The van der Waals surface area contributed by atoms with E-state index in [2.05, 4.69) is 19.9 Å². The highest BCUT2D eigenvalue weighted by Crippen LogP contribution is 2.38. The Bertz CT molecular complexity index is 346. The predicted octanol–water partition coefficient (Wildman–Crippen LogP) is 3.04. The molecule has 2 unspecified atom stereocenters. The first-order valence-electron chi connectivity index (χ1n) is 5.47. The minimum atomic E-state index is 0.761. The Morgan fingerprint density at radius 1 is 1.27 bits per heavy atom. The minimum absolute atomic E-state index is 0.761. The van der Waals surface area contributed by atoms with Gasteiger partial charge in [-0.25, -0.2) is 0 Å². The van der Waals surface area contributed by atoms with Gasteiger partial charge in [-0.1, -0.05) is 6.92 Å². The van der Waals surface area contributed by atoms with Gasteiger partial charge in [0.15, 0.2) is 0 Å². The molecule has 2 atom stereocenters. The van der Waals surface area contributed by atoms with Crippen molar-refractivity contribution in [3.05, 3.63) is 23.8 Å². The van der Waals surface area contributed by atoms with E-state index in [-0.39, 0.29) is 0 Å². The van der Waals surface area contributed by atoms with Crippen molar-refractivity contribution >= 4 is 0 Å². The number of ether oxygens (including phenoxy) is 2. The highest BCUT2D eigenvalue weighted by molar-refractivity contribution is 5.37. The maximum atomic E-state index is 5.74. The Balaban J connectivity index is 1.97. The van der Waals surface area contributed by atoms with Gasteiger partial charge in [-0.3, -0.25) is 0 Å². The molecule has 0 aromatic heterocycles. The van der Waals surface area contributed by atoms with Gasteiger partial charge in [0.25, 0.3) is 0 Å². The Morgan fingerprint density at radius 2 is 1.93 bits per heavy atom. The van der Waals surface area contributed by atoms with Crippen LogP contribution in [0.1, 0.15) is 18.9 Å². The van der Waals surface area contributed by atoms with Crippen molar-refractivity contribution in [2.75, 3.05) is 13.7 Å². The Hall–Kier alpha value is -1.18. The molecule has 0 radical (unpaired) electrons. The van der Waals surface area contributed by atoms with E-state index < -0.39 is 0 Å². The second-order valence-electron chi connectivity index (χ2n) is 4.47. The van der Waals surface area contributed by atoms with Crippen molar-refractivity contribution < 1.29 is 9.47 Å². The van der Waals surface area contributed by atoms with E-state index in [0.717, 1.165) is 29.9 Å². The summed E-state index contributed by atoms with van der Waals surface area (Å²) in [5.74, 6) is 3.40. The lowest BCUT2D eigenvalue weighted by Crippen LogP contribution is -2.00. The third-order valence-corrected chi connectivity index (χ3v) is 3.00. The molecule has 1 aromatic carbocycles. The zero-order chi connectivity index (χ0) is 10.8. The lowest BCUT2D eigenvalue weighted by molar-refractivity contribution is 0.291. The fraction of sp³-hybridized carbons (Fsp3) is 0.538. The van der Waals surface area contributed by atoms with Crippen LogP contribution < -0.4 is 9.47 Å². The second-order valence-corrected chi connectivity index (χ2v) is 4.47. The van der Waals surface area contributed by atoms with E-state index in [1.807, 2.05) is 12.1 Å². The van der Waals surface area contributed by atoms with Gasteiger partial charge in [-0.05, 0) is 42.9 Å². The maximum absolute atomic E-state index is 5.74. The average Bonchev–Trinajstić information content (AvgIpc) is 2.91. The van der Waals surface area contributed by atoms with Crippen LogP contribution in [-0.4, -0.2) is 13.7 Å². The highest BCUT2D eigenvalue weighted by atomic mass is 16.5. The van der Waals surface area contributed by atoms with Gasteiger partial charge in [0, 0.05) is 6.07 Å². The lowest BCUT2D eigenvalue weighted by Gasteiger charge is -2.08. The summed E-state index contributed by atoms with van der Waals surface area (Å²) in [6.07, 6.45) is 1.31. The number of hydrogen-bond donors (Lipinski definition) is 0. The fourth-order valence-electron chi connectivity index (χ4n) is 1.75. The van der Waals surface area contributed by atoms with E-state index >= 15 is 0 Å². The van der Waals surface area contributed by atoms with Crippen LogP contribution in [0.25, 0.3) is 0 Å². The number of aryl methyl sites for hydroxylation is 1. The maximum Gasteiger partial charge on any atom is 0.123 e. The summed E-state index contributed by atoms with van der Waals surface area (Å²) in [5.41, 5.74) is 1.17. The second kappa shape index (κ2) is 4.13. The standard InChI is InChI=1S/C13H18O2/c1-9-4-12(14-3)7-13(5-9)15-8-11-6-10(11)2/h4-5,7,10-11H,6,8H2,1-3H3. The summed E-state index contributed by atoms with van der Waals surface area (Å²) in [5, 5.41) is 0. The molecule has 0 spiro atoms. The average molecular weight is 206 g/mol. The molecule has 0 bridgehead atoms. The molecule has 2 nitrogen and oxygen atoms in total. The number of rotatable bonds is 4. The van der Waals surface area contributed by atoms with Crippen LogP contribution in [0.3, 0.4) is 0 Å². The largest absolute Gasteiger partial charge is 0.497 e. The molecule has 1 aliphatic rings. The van der Waals surface area contributed by atoms with Crippen molar-refractivity contribution in [1.29, 1.82) is 0 Å². The van der Waals surface area contributed by atoms with E-state index in [4.69, 9.17) is 9.47 Å². The quantitative estimate of drug-likeness (QED) is 0.753. The number of hydrogen-bond acceptors (Lipinski definition) is 2. The van der Waals surface area contributed by atoms with Gasteiger partial charge in [0.2, 0.25) is 0 Å². The normalized spacial score (nSPS) is 23.7. The van der Waals surface area contributed by atoms with Crippen LogP contribution in [-0.2, 0) is 0 Å². The summed E-state index contributed by atoms with van der Waals surface area (Å²) in [6.45, 7) is 5.16. The first-order chi connectivity index (χ1) is 7.19. The van der Waals surface area contributed by atoms with Crippen LogP contribution in [0.5, 0.6) is 11.5 Å². The molecule has 1 fully saturated rings. The van der Waals surface area contributed by atoms with Crippen LogP contribution >= 0.6 is 0 Å². The summed E-state index contributed by atoms with van der Waals surface area (Å²) in [6, 6.07) is 6.00. The lowest BCUT2D eigenvalue weighted by atomic mass is 10.2. The van der Waals surface area contributed by atoms with Gasteiger partial charge in [0.1, 0.15) is 11.5 Å². The molecule has 2 rings (SSSR count). The Morgan fingerprint density at radius 3 is 2.53 bits per heavy atom. The summed E-state index contributed by atoms with van der Waals surface area (Å²) in [4.78, 5) is 0. The highest BCUT2D eigenvalue weighted by Gasteiger charge is 2.32. The van der Waals surface area contributed by atoms with Gasteiger partial charge in [-0.15, -0.1) is 0 Å². The van der Waals surface area contributed by atoms with Crippen molar-refractivity contribution in [2.24, 2.45) is 11.8 Å². The number of methoxy groups -OCH3 is 1. The zero-order valence-electron chi connectivity index (χ0n) is 9.62. The third kappa shape index (κ3) is 2.65. The topological polar surface area (TPSA) is 18.5 Å². The van der Waals surface area contributed by atoms with Crippen molar-refractivity contribution in [3.8, 4) is 11.5 Å². The Kier molecular flexibility index (Phi) is 2.85. The van der Waals surface area contributed by atoms with Gasteiger partial charge in [0.05, 0.1) is 13.7 Å². The molecular formula is C13H18O2. The molecule has 0 amide bonds. The van der Waals surface area contributed by atoms with Crippen LogP contribution in [0.2, 0.25) is 0 Å².